The standard InChI is InChI=1S/C14H20N2O3S/c1-10-3-6-13(11(2)9-10)20(18,19)16-8-7-15-14(17)12-4-5-12/h3,6,9,12,16H,4-5,7-8H2,1-2H3,(H,15,17). The van der Waals surface area contributed by atoms with E-state index in [2.05, 4.69) is 10.0 Å². The van der Waals surface area contributed by atoms with Crippen molar-refractivity contribution in [2.75, 3.05) is 13.1 Å². The van der Waals surface area contributed by atoms with Crippen molar-refractivity contribution in [2.45, 2.75) is 31.6 Å². The van der Waals surface area contributed by atoms with Crippen LogP contribution in [0.5, 0.6) is 0 Å². The van der Waals surface area contributed by atoms with Crippen LogP contribution in [0.4, 0.5) is 0 Å². The maximum atomic E-state index is 12.1. The summed E-state index contributed by atoms with van der Waals surface area (Å²) in [5.74, 6) is 0.168. The van der Waals surface area contributed by atoms with Crippen LogP contribution in [0.25, 0.3) is 0 Å². The molecule has 0 bridgehead atoms. The molecular formula is C14H20N2O3S. The number of benzene rings is 1. The fourth-order valence-electron chi connectivity index (χ4n) is 2.04. The molecule has 0 aromatic heterocycles. The van der Waals surface area contributed by atoms with E-state index in [0.29, 0.717) is 6.54 Å². The van der Waals surface area contributed by atoms with E-state index in [-0.39, 0.29) is 23.3 Å². The minimum Gasteiger partial charge on any atom is -0.355 e. The SMILES string of the molecule is Cc1ccc(S(=O)(=O)NCCNC(=O)C2CC2)c(C)c1. The van der Waals surface area contributed by atoms with E-state index < -0.39 is 10.0 Å². The van der Waals surface area contributed by atoms with E-state index in [0.717, 1.165) is 24.0 Å². The van der Waals surface area contributed by atoms with Crippen LogP contribution in [-0.2, 0) is 14.8 Å². The fourth-order valence-corrected chi connectivity index (χ4v) is 3.30. The van der Waals surface area contributed by atoms with E-state index in [1.807, 2.05) is 13.0 Å². The Hall–Kier alpha value is -1.40. The number of hydrogen-bond acceptors (Lipinski definition) is 3. The van der Waals surface area contributed by atoms with Crippen LogP contribution >= 0.6 is 0 Å². The molecule has 1 aliphatic carbocycles. The van der Waals surface area contributed by atoms with Crippen LogP contribution in [0.2, 0.25) is 0 Å². The fraction of sp³-hybridized carbons (Fsp3) is 0.500. The normalized spacial score (nSPS) is 15.1. The number of carbonyl (C=O) groups excluding carboxylic acids is 1. The molecule has 0 heterocycles. The molecule has 2 rings (SSSR count). The number of hydrogen-bond donors (Lipinski definition) is 2. The average Bonchev–Trinajstić information content (AvgIpc) is 3.18. The monoisotopic (exact) mass is 296 g/mol. The molecule has 1 saturated carbocycles. The summed E-state index contributed by atoms with van der Waals surface area (Å²) in [5.41, 5.74) is 1.75. The van der Waals surface area contributed by atoms with E-state index in [1.165, 1.54) is 0 Å². The highest BCUT2D eigenvalue weighted by Gasteiger charge is 2.29. The lowest BCUT2D eigenvalue weighted by molar-refractivity contribution is -0.122. The van der Waals surface area contributed by atoms with Gasteiger partial charge in [0.2, 0.25) is 15.9 Å². The molecule has 0 unspecified atom stereocenters. The smallest absolute Gasteiger partial charge is 0.240 e. The number of amides is 1. The van der Waals surface area contributed by atoms with Crippen molar-refractivity contribution in [2.24, 2.45) is 5.92 Å². The number of sulfonamides is 1. The van der Waals surface area contributed by atoms with Crippen molar-refractivity contribution in [1.82, 2.24) is 10.0 Å². The minimum absolute atomic E-state index is 0.0238. The van der Waals surface area contributed by atoms with Crippen LogP contribution in [0.3, 0.4) is 0 Å². The van der Waals surface area contributed by atoms with E-state index in [1.54, 1.807) is 19.1 Å². The van der Waals surface area contributed by atoms with Crippen molar-refractivity contribution in [3.05, 3.63) is 29.3 Å². The molecule has 0 atom stereocenters. The lowest BCUT2D eigenvalue weighted by Gasteiger charge is -2.10. The lowest BCUT2D eigenvalue weighted by Crippen LogP contribution is -2.35. The number of nitrogens with one attached hydrogen (secondary N) is 2. The van der Waals surface area contributed by atoms with Gasteiger partial charge in [0.15, 0.2) is 0 Å². The van der Waals surface area contributed by atoms with Gasteiger partial charge in [-0.1, -0.05) is 17.7 Å². The molecule has 2 N–H and O–H groups in total. The summed E-state index contributed by atoms with van der Waals surface area (Å²) in [6.45, 7) is 4.22. The highest BCUT2D eigenvalue weighted by atomic mass is 32.2. The maximum Gasteiger partial charge on any atom is 0.240 e. The zero-order chi connectivity index (χ0) is 14.8. The van der Waals surface area contributed by atoms with Crippen LogP contribution in [0, 0.1) is 19.8 Å². The van der Waals surface area contributed by atoms with Gasteiger partial charge in [0, 0.05) is 19.0 Å². The summed E-state index contributed by atoms with van der Waals surface area (Å²) in [4.78, 5) is 11.7. The predicted octanol–water partition coefficient (Wildman–Crippen LogP) is 1.11. The summed E-state index contributed by atoms with van der Waals surface area (Å²) >= 11 is 0. The first-order valence-electron chi connectivity index (χ1n) is 6.75. The molecule has 6 heteroatoms. The van der Waals surface area contributed by atoms with E-state index >= 15 is 0 Å². The van der Waals surface area contributed by atoms with Gasteiger partial charge in [0.05, 0.1) is 4.90 Å². The van der Waals surface area contributed by atoms with Crippen LogP contribution < -0.4 is 10.0 Å². The molecule has 0 saturated heterocycles. The van der Waals surface area contributed by atoms with E-state index in [9.17, 15) is 13.2 Å². The molecule has 1 amide bonds. The second-order valence-electron chi connectivity index (χ2n) is 5.23. The third-order valence-corrected chi connectivity index (χ3v) is 4.91. The molecule has 0 aliphatic heterocycles. The van der Waals surface area contributed by atoms with Crippen molar-refractivity contribution in [3.8, 4) is 0 Å². The Labute approximate surface area is 119 Å². The zero-order valence-corrected chi connectivity index (χ0v) is 12.6. The first kappa shape index (κ1) is 15.0. The molecule has 1 aliphatic rings. The van der Waals surface area contributed by atoms with E-state index in [4.69, 9.17) is 0 Å². The molecule has 20 heavy (non-hydrogen) atoms. The van der Waals surface area contributed by atoms with Gasteiger partial charge in [-0.2, -0.15) is 0 Å². The second-order valence-corrected chi connectivity index (χ2v) is 6.97. The van der Waals surface area contributed by atoms with Gasteiger partial charge in [-0.3, -0.25) is 4.79 Å². The van der Waals surface area contributed by atoms with Crippen LogP contribution in [0.15, 0.2) is 23.1 Å². The first-order chi connectivity index (χ1) is 9.40. The minimum atomic E-state index is -3.51. The molecule has 1 aromatic rings. The van der Waals surface area contributed by atoms with Gasteiger partial charge < -0.3 is 5.32 Å². The maximum absolute atomic E-state index is 12.1. The average molecular weight is 296 g/mol. The summed E-state index contributed by atoms with van der Waals surface area (Å²) in [5, 5.41) is 2.73. The summed E-state index contributed by atoms with van der Waals surface area (Å²) in [6.07, 6.45) is 1.89. The highest BCUT2D eigenvalue weighted by Crippen LogP contribution is 2.28. The topological polar surface area (TPSA) is 75.3 Å². The highest BCUT2D eigenvalue weighted by molar-refractivity contribution is 7.89. The van der Waals surface area contributed by atoms with Gasteiger partial charge in [-0.05, 0) is 38.3 Å². The van der Waals surface area contributed by atoms with Gasteiger partial charge in [-0.15, -0.1) is 0 Å². The summed E-state index contributed by atoms with van der Waals surface area (Å²) < 4.78 is 26.8. The number of aryl methyl sites for hydroxylation is 2. The lowest BCUT2D eigenvalue weighted by atomic mass is 10.2. The largest absolute Gasteiger partial charge is 0.355 e. The molecule has 1 aromatic carbocycles. The molecule has 1 fully saturated rings. The third kappa shape index (κ3) is 3.80. The summed E-state index contributed by atoms with van der Waals surface area (Å²) in [6, 6.07) is 5.22. The van der Waals surface area contributed by atoms with Crippen molar-refractivity contribution >= 4 is 15.9 Å². The van der Waals surface area contributed by atoms with Gasteiger partial charge in [0.1, 0.15) is 0 Å². The van der Waals surface area contributed by atoms with Crippen LogP contribution in [0.1, 0.15) is 24.0 Å². The van der Waals surface area contributed by atoms with Gasteiger partial charge in [-0.25, -0.2) is 13.1 Å². The number of carbonyl (C=O) groups is 1. The summed E-state index contributed by atoms with van der Waals surface area (Å²) in [7, 11) is -3.51. The molecule has 0 radical (unpaired) electrons. The quantitative estimate of drug-likeness (QED) is 0.772. The Morgan fingerprint density at radius 1 is 1.25 bits per heavy atom. The van der Waals surface area contributed by atoms with Crippen LogP contribution in [-0.4, -0.2) is 27.4 Å². The van der Waals surface area contributed by atoms with Crippen molar-refractivity contribution < 1.29 is 13.2 Å². The zero-order valence-electron chi connectivity index (χ0n) is 11.8. The Bertz CT molecular complexity index is 607. The second kappa shape index (κ2) is 5.93. The van der Waals surface area contributed by atoms with Gasteiger partial charge >= 0.3 is 0 Å². The first-order valence-corrected chi connectivity index (χ1v) is 8.23. The third-order valence-electron chi connectivity index (χ3n) is 3.28. The predicted molar refractivity (Wildman–Crippen MR) is 76.8 cm³/mol. The Balaban J connectivity index is 1.88. The van der Waals surface area contributed by atoms with Crippen molar-refractivity contribution in [3.63, 3.8) is 0 Å². The number of rotatable bonds is 6. The Kier molecular flexibility index (Phi) is 4.45. The molecule has 5 nitrogen and oxygen atoms in total. The van der Waals surface area contributed by atoms with Gasteiger partial charge in [0.25, 0.3) is 0 Å². The molecule has 110 valence electrons. The Morgan fingerprint density at radius 3 is 2.55 bits per heavy atom. The molecule has 0 spiro atoms. The molecular weight excluding hydrogens is 276 g/mol. The van der Waals surface area contributed by atoms with Crippen molar-refractivity contribution in [1.29, 1.82) is 0 Å². The Morgan fingerprint density at radius 2 is 1.95 bits per heavy atom.